The molecule has 0 atom stereocenters. The molecule has 0 spiro atoms. The molecule has 1 saturated carbocycles. The van der Waals surface area contributed by atoms with Gasteiger partial charge >= 0.3 is 5.69 Å². The maximum atomic E-state index is 11.1. The van der Waals surface area contributed by atoms with Gasteiger partial charge in [-0.1, -0.05) is 0 Å². The first kappa shape index (κ1) is 15.8. The highest BCUT2D eigenvalue weighted by Crippen LogP contribution is 2.32. The van der Waals surface area contributed by atoms with Crippen LogP contribution in [0.25, 0.3) is 0 Å². The Labute approximate surface area is 138 Å². The molecule has 0 saturated heterocycles. The van der Waals surface area contributed by atoms with Gasteiger partial charge in [0, 0.05) is 17.8 Å². The van der Waals surface area contributed by atoms with Gasteiger partial charge in [-0.3, -0.25) is 10.1 Å². The molecule has 0 aliphatic heterocycles. The van der Waals surface area contributed by atoms with E-state index in [1.54, 1.807) is 32.4 Å². The van der Waals surface area contributed by atoms with Crippen LogP contribution in [0.15, 0.2) is 24.4 Å². The first-order chi connectivity index (χ1) is 11.6. The number of ether oxygens (including phenoxy) is 2. The van der Waals surface area contributed by atoms with Crippen LogP contribution in [-0.2, 0) is 0 Å². The summed E-state index contributed by atoms with van der Waals surface area (Å²) in [6.07, 6.45) is 3.17. The lowest BCUT2D eigenvalue weighted by Gasteiger charge is -2.11. The molecule has 9 nitrogen and oxygen atoms in total. The summed E-state index contributed by atoms with van der Waals surface area (Å²) in [5.74, 6) is 1.64. The van der Waals surface area contributed by atoms with E-state index >= 15 is 0 Å². The Balaban J connectivity index is 1.85. The summed E-state index contributed by atoms with van der Waals surface area (Å²) < 4.78 is 10.4. The normalized spacial score (nSPS) is 13.2. The zero-order valence-electron chi connectivity index (χ0n) is 13.3. The minimum absolute atomic E-state index is 0.139. The summed E-state index contributed by atoms with van der Waals surface area (Å²) in [6.45, 7) is 0. The lowest BCUT2D eigenvalue weighted by molar-refractivity contribution is -0.384. The Morgan fingerprint density at radius 2 is 2.00 bits per heavy atom. The van der Waals surface area contributed by atoms with Crippen LogP contribution < -0.4 is 20.1 Å². The maximum Gasteiger partial charge on any atom is 0.329 e. The Kier molecular flexibility index (Phi) is 4.32. The number of methoxy groups -OCH3 is 2. The maximum absolute atomic E-state index is 11.1. The van der Waals surface area contributed by atoms with Gasteiger partial charge in [-0.25, -0.2) is 4.98 Å². The fourth-order valence-electron chi connectivity index (χ4n) is 2.14. The van der Waals surface area contributed by atoms with E-state index in [2.05, 4.69) is 20.6 Å². The van der Waals surface area contributed by atoms with Crippen molar-refractivity contribution in [3.8, 4) is 11.5 Å². The quantitative estimate of drug-likeness (QED) is 0.588. The predicted molar refractivity (Wildman–Crippen MR) is 88.2 cm³/mol. The SMILES string of the molecule is COc1ccc(Nc2ncc([N+](=O)[O-])c(NC3CC3)n2)cc1OC. The monoisotopic (exact) mass is 331 g/mol. The third-order valence-electron chi connectivity index (χ3n) is 3.52. The fraction of sp³-hybridized carbons (Fsp3) is 0.333. The van der Waals surface area contributed by atoms with E-state index in [-0.39, 0.29) is 23.5 Å². The largest absolute Gasteiger partial charge is 0.493 e. The molecule has 1 aromatic heterocycles. The molecule has 126 valence electrons. The number of benzene rings is 1. The molecule has 1 aliphatic carbocycles. The predicted octanol–water partition coefficient (Wildman–Crippen LogP) is 2.72. The van der Waals surface area contributed by atoms with E-state index in [4.69, 9.17) is 9.47 Å². The van der Waals surface area contributed by atoms with E-state index in [1.165, 1.54) is 6.20 Å². The number of anilines is 3. The molecule has 3 rings (SSSR count). The molecule has 2 N–H and O–H groups in total. The van der Waals surface area contributed by atoms with Crippen LogP contribution in [0.3, 0.4) is 0 Å². The fourth-order valence-corrected chi connectivity index (χ4v) is 2.14. The van der Waals surface area contributed by atoms with E-state index in [1.807, 2.05) is 0 Å². The van der Waals surface area contributed by atoms with Crippen LogP contribution in [0.2, 0.25) is 0 Å². The van der Waals surface area contributed by atoms with Crippen molar-refractivity contribution in [2.75, 3.05) is 24.9 Å². The van der Waals surface area contributed by atoms with Gasteiger partial charge < -0.3 is 20.1 Å². The number of nitro groups is 1. The van der Waals surface area contributed by atoms with E-state index in [0.29, 0.717) is 17.2 Å². The van der Waals surface area contributed by atoms with Crippen molar-refractivity contribution in [3.05, 3.63) is 34.5 Å². The van der Waals surface area contributed by atoms with Gasteiger partial charge in [-0.05, 0) is 25.0 Å². The lowest BCUT2D eigenvalue weighted by atomic mass is 10.3. The van der Waals surface area contributed by atoms with Crippen LogP contribution in [0.4, 0.5) is 23.1 Å². The van der Waals surface area contributed by atoms with Gasteiger partial charge in [-0.15, -0.1) is 0 Å². The number of nitrogens with zero attached hydrogens (tertiary/aromatic N) is 3. The zero-order chi connectivity index (χ0) is 17.1. The van der Waals surface area contributed by atoms with Crippen molar-refractivity contribution in [2.24, 2.45) is 0 Å². The number of rotatable bonds is 7. The standard InChI is InChI=1S/C15H17N5O4/c1-23-12-6-5-10(7-13(12)24-2)18-15-16-8-11(20(21)22)14(19-15)17-9-3-4-9/h5-9H,3-4H2,1-2H3,(H2,16,17,18,19). The molecule has 24 heavy (non-hydrogen) atoms. The summed E-state index contributed by atoms with van der Waals surface area (Å²) in [7, 11) is 3.10. The minimum Gasteiger partial charge on any atom is -0.493 e. The summed E-state index contributed by atoms with van der Waals surface area (Å²) in [5.41, 5.74) is 0.540. The molecule has 2 aromatic rings. The van der Waals surface area contributed by atoms with Gasteiger partial charge in [0.1, 0.15) is 6.20 Å². The number of hydrogen-bond donors (Lipinski definition) is 2. The minimum atomic E-state index is -0.495. The molecule has 0 radical (unpaired) electrons. The third kappa shape index (κ3) is 3.45. The van der Waals surface area contributed by atoms with Gasteiger partial charge in [0.25, 0.3) is 0 Å². The highest BCUT2D eigenvalue weighted by Gasteiger charge is 2.26. The molecule has 1 fully saturated rings. The molecule has 0 unspecified atom stereocenters. The van der Waals surface area contributed by atoms with Crippen molar-refractivity contribution in [1.82, 2.24) is 9.97 Å². The number of hydrogen-bond acceptors (Lipinski definition) is 8. The lowest BCUT2D eigenvalue weighted by Crippen LogP contribution is -2.09. The van der Waals surface area contributed by atoms with Crippen molar-refractivity contribution < 1.29 is 14.4 Å². The summed E-state index contributed by atoms with van der Waals surface area (Å²) in [4.78, 5) is 18.8. The molecule has 1 aliphatic rings. The Bertz CT molecular complexity index is 764. The second-order valence-corrected chi connectivity index (χ2v) is 5.30. The van der Waals surface area contributed by atoms with Crippen molar-refractivity contribution in [3.63, 3.8) is 0 Å². The summed E-state index contributed by atoms with van der Waals surface area (Å²) in [6, 6.07) is 5.50. The van der Waals surface area contributed by atoms with Gasteiger partial charge in [0.15, 0.2) is 11.5 Å². The second-order valence-electron chi connectivity index (χ2n) is 5.30. The average molecular weight is 331 g/mol. The Hall–Kier alpha value is -3.10. The average Bonchev–Trinajstić information content (AvgIpc) is 3.38. The zero-order valence-corrected chi connectivity index (χ0v) is 13.3. The highest BCUT2D eigenvalue weighted by atomic mass is 16.6. The van der Waals surface area contributed by atoms with Crippen molar-refractivity contribution in [1.29, 1.82) is 0 Å². The van der Waals surface area contributed by atoms with Gasteiger partial charge in [-0.2, -0.15) is 4.98 Å². The topological polar surface area (TPSA) is 111 Å². The second kappa shape index (κ2) is 6.57. The van der Waals surface area contributed by atoms with Crippen LogP contribution in [0.1, 0.15) is 12.8 Å². The molecular weight excluding hydrogens is 314 g/mol. The molecule has 9 heteroatoms. The van der Waals surface area contributed by atoms with E-state index in [0.717, 1.165) is 12.8 Å². The van der Waals surface area contributed by atoms with Crippen LogP contribution in [0, 0.1) is 10.1 Å². The first-order valence-corrected chi connectivity index (χ1v) is 7.37. The van der Waals surface area contributed by atoms with Gasteiger partial charge in [0.05, 0.1) is 19.1 Å². The Morgan fingerprint density at radius 1 is 1.25 bits per heavy atom. The molecule has 1 heterocycles. The van der Waals surface area contributed by atoms with Crippen LogP contribution in [-0.4, -0.2) is 35.2 Å². The number of nitrogens with one attached hydrogen (secondary N) is 2. The summed E-state index contributed by atoms with van der Waals surface area (Å²) >= 11 is 0. The molecular formula is C15H17N5O4. The van der Waals surface area contributed by atoms with Crippen LogP contribution in [0.5, 0.6) is 11.5 Å². The van der Waals surface area contributed by atoms with Crippen molar-refractivity contribution in [2.45, 2.75) is 18.9 Å². The highest BCUT2D eigenvalue weighted by molar-refractivity contribution is 5.63. The van der Waals surface area contributed by atoms with E-state index in [9.17, 15) is 10.1 Å². The smallest absolute Gasteiger partial charge is 0.329 e. The molecule has 0 bridgehead atoms. The Morgan fingerprint density at radius 3 is 2.62 bits per heavy atom. The first-order valence-electron chi connectivity index (χ1n) is 7.37. The number of aromatic nitrogens is 2. The van der Waals surface area contributed by atoms with Crippen LogP contribution >= 0.6 is 0 Å². The molecule has 1 aromatic carbocycles. The summed E-state index contributed by atoms with van der Waals surface area (Å²) in [5, 5.41) is 17.1. The molecule has 0 amide bonds. The van der Waals surface area contributed by atoms with Crippen molar-refractivity contribution >= 4 is 23.1 Å². The third-order valence-corrected chi connectivity index (χ3v) is 3.52. The van der Waals surface area contributed by atoms with Gasteiger partial charge in [0.2, 0.25) is 11.8 Å². The van der Waals surface area contributed by atoms with E-state index < -0.39 is 4.92 Å².